The van der Waals surface area contributed by atoms with Crippen LogP contribution in [0.4, 0.5) is 0 Å². The van der Waals surface area contributed by atoms with Gasteiger partial charge in [-0.15, -0.1) is 0 Å². The predicted molar refractivity (Wildman–Crippen MR) is 51.2 cm³/mol. The van der Waals surface area contributed by atoms with Crippen LogP contribution in [0.1, 0.15) is 39.0 Å². The Kier molecular flexibility index (Phi) is 2.33. The number of ether oxygens (including phenoxy) is 1. The van der Waals surface area contributed by atoms with Crippen LogP contribution in [0.15, 0.2) is 11.8 Å². The maximum atomic E-state index is 10.0. The van der Waals surface area contributed by atoms with Gasteiger partial charge in [-0.2, -0.15) is 0 Å². The first kappa shape index (κ1) is 9.07. The summed E-state index contributed by atoms with van der Waals surface area (Å²) in [5, 5.41) is 10.0. The summed E-state index contributed by atoms with van der Waals surface area (Å²) in [5.74, 6) is 1.51. The van der Waals surface area contributed by atoms with Gasteiger partial charge in [-0.05, 0) is 44.1 Å². The minimum absolute atomic E-state index is 0.585. The predicted octanol–water partition coefficient (Wildman–Crippen LogP) is 2.23. The molecule has 2 heteroatoms. The van der Waals surface area contributed by atoms with E-state index in [0.717, 1.165) is 38.0 Å². The molecule has 2 aliphatic rings. The van der Waals surface area contributed by atoms with Crippen LogP contribution >= 0.6 is 0 Å². The Morgan fingerprint density at radius 3 is 2.77 bits per heavy atom. The molecular formula is C11H18O2. The quantitative estimate of drug-likeness (QED) is 0.709. The number of hydrogen-bond acceptors (Lipinski definition) is 2. The second-order valence-electron chi connectivity index (χ2n) is 4.27. The fourth-order valence-electron chi connectivity index (χ4n) is 1.98. The largest absolute Gasteiger partial charge is 0.495 e. The van der Waals surface area contributed by atoms with Gasteiger partial charge in [0.05, 0.1) is 6.61 Å². The zero-order valence-electron chi connectivity index (χ0n) is 8.25. The molecule has 0 radical (unpaired) electrons. The Morgan fingerprint density at radius 1 is 1.62 bits per heavy atom. The van der Waals surface area contributed by atoms with Crippen molar-refractivity contribution in [1.82, 2.24) is 0 Å². The Balaban J connectivity index is 1.98. The van der Waals surface area contributed by atoms with E-state index >= 15 is 0 Å². The van der Waals surface area contributed by atoms with E-state index in [4.69, 9.17) is 4.74 Å². The number of hydrogen-bond donors (Lipinski definition) is 1. The molecule has 0 aromatic heterocycles. The van der Waals surface area contributed by atoms with E-state index in [1.165, 1.54) is 6.42 Å². The van der Waals surface area contributed by atoms with Gasteiger partial charge < -0.3 is 9.84 Å². The molecule has 1 N–H and O–H groups in total. The molecule has 74 valence electrons. The van der Waals surface area contributed by atoms with Gasteiger partial charge in [0.1, 0.15) is 11.4 Å². The zero-order valence-corrected chi connectivity index (χ0v) is 8.25. The van der Waals surface area contributed by atoms with E-state index in [9.17, 15) is 5.11 Å². The van der Waals surface area contributed by atoms with Gasteiger partial charge in [0, 0.05) is 0 Å². The summed E-state index contributed by atoms with van der Waals surface area (Å²) in [4.78, 5) is 0. The fourth-order valence-corrected chi connectivity index (χ4v) is 1.98. The highest BCUT2D eigenvalue weighted by Gasteiger charge is 2.40. The summed E-state index contributed by atoms with van der Waals surface area (Å²) in [6.45, 7) is 2.98. The monoisotopic (exact) mass is 182 g/mol. The normalized spacial score (nSPS) is 31.5. The molecule has 1 fully saturated rings. The average Bonchev–Trinajstić information content (AvgIpc) is 2.14. The van der Waals surface area contributed by atoms with Crippen molar-refractivity contribution in [3.8, 4) is 0 Å². The first-order chi connectivity index (χ1) is 6.24. The summed E-state index contributed by atoms with van der Waals surface area (Å²) in [7, 11) is 0. The smallest absolute Gasteiger partial charge is 0.124 e. The summed E-state index contributed by atoms with van der Waals surface area (Å²) in [6, 6.07) is 0. The van der Waals surface area contributed by atoms with Gasteiger partial charge >= 0.3 is 0 Å². The summed E-state index contributed by atoms with van der Waals surface area (Å²) < 4.78 is 5.60. The summed E-state index contributed by atoms with van der Waals surface area (Å²) in [5.41, 5.74) is -0.585. The van der Waals surface area contributed by atoms with Crippen molar-refractivity contribution in [1.29, 1.82) is 0 Å². The Labute approximate surface area is 79.6 Å². The third-order valence-electron chi connectivity index (χ3n) is 3.33. The van der Waals surface area contributed by atoms with Crippen molar-refractivity contribution in [2.75, 3.05) is 6.61 Å². The van der Waals surface area contributed by atoms with Gasteiger partial charge in [0.15, 0.2) is 0 Å². The molecule has 1 aliphatic carbocycles. The van der Waals surface area contributed by atoms with E-state index in [1.54, 1.807) is 0 Å². The maximum Gasteiger partial charge on any atom is 0.124 e. The van der Waals surface area contributed by atoms with Crippen molar-refractivity contribution in [3.05, 3.63) is 11.8 Å². The van der Waals surface area contributed by atoms with E-state index < -0.39 is 5.60 Å². The molecule has 0 aromatic carbocycles. The van der Waals surface area contributed by atoms with Crippen molar-refractivity contribution >= 4 is 0 Å². The molecule has 1 unspecified atom stereocenters. The number of allylic oxidation sites excluding steroid dienone is 1. The molecule has 2 nitrogen and oxygen atoms in total. The molecule has 1 aliphatic heterocycles. The maximum absolute atomic E-state index is 10.0. The number of rotatable bonds is 2. The van der Waals surface area contributed by atoms with E-state index in [2.05, 4.69) is 13.0 Å². The topological polar surface area (TPSA) is 29.5 Å². The van der Waals surface area contributed by atoms with E-state index in [-0.39, 0.29) is 0 Å². The molecular weight excluding hydrogens is 164 g/mol. The van der Waals surface area contributed by atoms with E-state index in [0.29, 0.717) is 5.92 Å². The highest BCUT2D eigenvalue weighted by molar-refractivity contribution is 5.16. The highest BCUT2D eigenvalue weighted by atomic mass is 16.5. The Bertz CT molecular complexity index is 216. The molecule has 0 saturated heterocycles. The molecule has 0 spiro atoms. The van der Waals surface area contributed by atoms with Gasteiger partial charge in [-0.1, -0.05) is 6.92 Å². The summed E-state index contributed by atoms with van der Waals surface area (Å²) >= 11 is 0. The average molecular weight is 182 g/mol. The van der Waals surface area contributed by atoms with Crippen LogP contribution in [-0.2, 0) is 4.74 Å². The van der Waals surface area contributed by atoms with Crippen LogP contribution in [0, 0.1) is 5.92 Å². The van der Waals surface area contributed by atoms with Crippen LogP contribution in [-0.4, -0.2) is 17.3 Å². The minimum atomic E-state index is -0.585. The van der Waals surface area contributed by atoms with Crippen LogP contribution < -0.4 is 0 Å². The lowest BCUT2D eigenvalue weighted by atomic mass is 9.77. The van der Waals surface area contributed by atoms with Crippen molar-refractivity contribution in [2.24, 2.45) is 5.92 Å². The molecule has 0 amide bonds. The van der Waals surface area contributed by atoms with Crippen LogP contribution in [0.2, 0.25) is 0 Å². The second-order valence-corrected chi connectivity index (χ2v) is 4.27. The molecule has 1 atom stereocenters. The third kappa shape index (κ3) is 1.60. The molecule has 1 saturated carbocycles. The number of aliphatic hydroxyl groups is 1. The van der Waals surface area contributed by atoms with Crippen molar-refractivity contribution in [2.45, 2.75) is 44.6 Å². The third-order valence-corrected chi connectivity index (χ3v) is 3.33. The van der Waals surface area contributed by atoms with Crippen molar-refractivity contribution < 1.29 is 9.84 Å². The second kappa shape index (κ2) is 3.33. The van der Waals surface area contributed by atoms with Crippen LogP contribution in [0.25, 0.3) is 0 Å². The van der Waals surface area contributed by atoms with Gasteiger partial charge in [0.2, 0.25) is 0 Å². The van der Waals surface area contributed by atoms with Crippen LogP contribution in [0.3, 0.4) is 0 Å². The molecule has 2 rings (SSSR count). The molecule has 13 heavy (non-hydrogen) atoms. The van der Waals surface area contributed by atoms with Gasteiger partial charge in [0.25, 0.3) is 0 Å². The SMILES string of the molecule is CCC1CC=C(C2(O)CCC2)OC1. The fraction of sp³-hybridized carbons (Fsp3) is 0.818. The minimum Gasteiger partial charge on any atom is -0.495 e. The Hall–Kier alpha value is -0.500. The first-order valence-corrected chi connectivity index (χ1v) is 5.30. The summed E-state index contributed by atoms with van der Waals surface area (Å²) in [6.07, 6.45) is 7.24. The highest BCUT2D eigenvalue weighted by Crippen LogP contribution is 2.40. The standard InChI is InChI=1S/C11H18O2/c1-2-9-4-5-10(13-8-9)11(12)6-3-7-11/h5,9,12H,2-4,6-8H2,1H3. The van der Waals surface area contributed by atoms with Gasteiger partial charge in [-0.25, -0.2) is 0 Å². The lowest BCUT2D eigenvalue weighted by Crippen LogP contribution is -2.41. The zero-order chi connectivity index (χ0) is 9.31. The lowest BCUT2D eigenvalue weighted by Gasteiger charge is -2.40. The molecule has 0 bridgehead atoms. The molecule has 1 heterocycles. The van der Waals surface area contributed by atoms with E-state index in [1.807, 2.05) is 0 Å². The first-order valence-electron chi connectivity index (χ1n) is 5.30. The van der Waals surface area contributed by atoms with Crippen LogP contribution in [0.5, 0.6) is 0 Å². The molecule has 0 aromatic rings. The van der Waals surface area contributed by atoms with Gasteiger partial charge in [-0.3, -0.25) is 0 Å². The lowest BCUT2D eigenvalue weighted by molar-refractivity contribution is -0.0574. The Morgan fingerprint density at radius 2 is 2.38 bits per heavy atom. The van der Waals surface area contributed by atoms with Crippen molar-refractivity contribution in [3.63, 3.8) is 0 Å².